The van der Waals surface area contributed by atoms with Crippen molar-refractivity contribution in [1.82, 2.24) is 15.1 Å². The van der Waals surface area contributed by atoms with E-state index in [9.17, 15) is 0 Å². The van der Waals surface area contributed by atoms with Crippen molar-refractivity contribution in [3.63, 3.8) is 0 Å². The number of aryl methyl sites for hydroxylation is 1. The highest BCUT2D eigenvalue weighted by molar-refractivity contribution is 9.10. The van der Waals surface area contributed by atoms with Crippen molar-refractivity contribution in [2.45, 2.75) is 38.9 Å². The first kappa shape index (κ1) is 12.9. The van der Waals surface area contributed by atoms with Gasteiger partial charge in [-0.3, -0.25) is 4.68 Å². The molecule has 1 fully saturated rings. The molecule has 1 heterocycles. The molecule has 100 valence electrons. The van der Waals surface area contributed by atoms with Crippen LogP contribution in [0.1, 0.15) is 29.7 Å². The van der Waals surface area contributed by atoms with Gasteiger partial charge in [-0.25, -0.2) is 0 Å². The molecule has 3 rings (SSSR count). The third-order valence-corrected chi connectivity index (χ3v) is 3.93. The molecule has 4 heteroatoms. The lowest BCUT2D eigenvalue weighted by Gasteiger charge is -2.02. The fourth-order valence-electron chi connectivity index (χ4n) is 2.18. The van der Waals surface area contributed by atoms with E-state index in [1.807, 2.05) is 10.7 Å². The predicted molar refractivity (Wildman–Crippen MR) is 80.1 cm³/mol. The summed E-state index contributed by atoms with van der Waals surface area (Å²) in [6.07, 6.45) is 4.81. The van der Waals surface area contributed by atoms with Crippen molar-refractivity contribution in [2.75, 3.05) is 0 Å². The Bertz CT molecular complexity index is 573. The molecule has 1 aliphatic carbocycles. The highest BCUT2D eigenvalue weighted by Crippen LogP contribution is 2.20. The van der Waals surface area contributed by atoms with Crippen LogP contribution in [0.4, 0.5) is 0 Å². The molecule has 0 radical (unpaired) electrons. The maximum Gasteiger partial charge on any atom is 0.0659 e. The number of aromatic nitrogens is 2. The summed E-state index contributed by atoms with van der Waals surface area (Å²) in [5.74, 6) is 0. The minimum atomic E-state index is 0.743. The molecule has 0 atom stereocenters. The zero-order chi connectivity index (χ0) is 13.2. The van der Waals surface area contributed by atoms with E-state index in [2.05, 4.69) is 57.7 Å². The van der Waals surface area contributed by atoms with Crippen LogP contribution in [0, 0.1) is 6.92 Å². The molecule has 1 aliphatic rings. The Morgan fingerprint density at radius 1 is 1.42 bits per heavy atom. The second-order valence-electron chi connectivity index (χ2n) is 5.22. The van der Waals surface area contributed by atoms with Crippen molar-refractivity contribution in [2.24, 2.45) is 0 Å². The Labute approximate surface area is 122 Å². The molecule has 1 aromatic heterocycles. The van der Waals surface area contributed by atoms with E-state index in [0.717, 1.165) is 29.3 Å². The number of halogens is 1. The minimum Gasteiger partial charge on any atom is -0.310 e. The van der Waals surface area contributed by atoms with Crippen LogP contribution in [0.3, 0.4) is 0 Å². The predicted octanol–water partition coefficient (Wildman–Crippen LogP) is 3.25. The Kier molecular flexibility index (Phi) is 3.71. The molecule has 19 heavy (non-hydrogen) atoms. The first-order valence-electron chi connectivity index (χ1n) is 6.71. The smallest absolute Gasteiger partial charge is 0.0659 e. The monoisotopic (exact) mass is 319 g/mol. The molecule has 0 aliphatic heterocycles. The highest BCUT2D eigenvalue weighted by atomic mass is 79.9. The molecule has 1 N–H and O–H groups in total. The quantitative estimate of drug-likeness (QED) is 0.916. The van der Waals surface area contributed by atoms with Crippen LogP contribution >= 0.6 is 15.9 Å². The Balaban J connectivity index is 1.68. The van der Waals surface area contributed by atoms with Gasteiger partial charge in [0.05, 0.1) is 12.2 Å². The SMILES string of the molecule is Cc1nn(Cc2cccc(Br)c2)cc1CNC1CC1. The maximum atomic E-state index is 4.60. The number of rotatable bonds is 5. The molecular formula is C15H18BrN3. The van der Waals surface area contributed by atoms with E-state index in [-0.39, 0.29) is 0 Å². The van der Waals surface area contributed by atoms with Gasteiger partial charge in [0.2, 0.25) is 0 Å². The summed E-state index contributed by atoms with van der Waals surface area (Å²) in [5.41, 5.74) is 3.70. The lowest BCUT2D eigenvalue weighted by molar-refractivity contribution is 0.674. The first-order valence-corrected chi connectivity index (χ1v) is 7.51. The third kappa shape index (κ3) is 3.45. The highest BCUT2D eigenvalue weighted by Gasteiger charge is 2.20. The Morgan fingerprint density at radius 2 is 2.26 bits per heavy atom. The standard InChI is InChI=1S/C15H18BrN3/c1-11-13(8-17-15-5-6-15)10-19(18-11)9-12-3-2-4-14(16)7-12/h2-4,7,10,15,17H,5-6,8-9H2,1H3. The number of nitrogens with zero attached hydrogens (tertiary/aromatic N) is 2. The zero-order valence-corrected chi connectivity index (χ0v) is 12.7. The molecule has 0 spiro atoms. The molecule has 1 saturated carbocycles. The van der Waals surface area contributed by atoms with Gasteiger partial charge >= 0.3 is 0 Å². The van der Waals surface area contributed by atoms with Crippen LogP contribution in [-0.4, -0.2) is 15.8 Å². The van der Waals surface area contributed by atoms with Crippen LogP contribution < -0.4 is 5.32 Å². The van der Waals surface area contributed by atoms with E-state index >= 15 is 0 Å². The van der Waals surface area contributed by atoms with E-state index in [1.165, 1.54) is 24.0 Å². The van der Waals surface area contributed by atoms with Gasteiger partial charge < -0.3 is 5.32 Å². The molecule has 1 aromatic carbocycles. The van der Waals surface area contributed by atoms with E-state index < -0.39 is 0 Å². The number of hydrogen-bond acceptors (Lipinski definition) is 2. The van der Waals surface area contributed by atoms with Gasteiger partial charge in [0.15, 0.2) is 0 Å². The van der Waals surface area contributed by atoms with Gasteiger partial charge in [-0.05, 0) is 37.5 Å². The summed E-state index contributed by atoms with van der Waals surface area (Å²) in [6, 6.07) is 9.12. The molecule has 2 aromatic rings. The fourth-order valence-corrected chi connectivity index (χ4v) is 2.62. The van der Waals surface area contributed by atoms with Gasteiger partial charge in [0.25, 0.3) is 0 Å². The van der Waals surface area contributed by atoms with Crippen LogP contribution in [0.15, 0.2) is 34.9 Å². The molecule has 0 unspecified atom stereocenters. The van der Waals surface area contributed by atoms with Gasteiger partial charge in [-0.15, -0.1) is 0 Å². The van der Waals surface area contributed by atoms with Crippen LogP contribution in [-0.2, 0) is 13.1 Å². The van der Waals surface area contributed by atoms with Crippen molar-refractivity contribution in [1.29, 1.82) is 0 Å². The van der Waals surface area contributed by atoms with Gasteiger partial charge in [-0.2, -0.15) is 5.10 Å². The molecular weight excluding hydrogens is 302 g/mol. The zero-order valence-electron chi connectivity index (χ0n) is 11.1. The molecule has 0 amide bonds. The Hall–Kier alpha value is -1.13. The summed E-state index contributed by atoms with van der Waals surface area (Å²) in [4.78, 5) is 0. The number of benzene rings is 1. The van der Waals surface area contributed by atoms with Crippen molar-refractivity contribution in [3.05, 3.63) is 51.8 Å². The molecule has 0 bridgehead atoms. The fraction of sp³-hybridized carbons (Fsp3) is 0.400. The van der Waals surface area contributed by atoms with Crippen molar-refractivity contribution >= 4 is 15.9 Å². The maximum absolute atomic E-state index is 4.60. The summed E-state index contributed by atoms with van der Waals surface area (Å²) in [7, 11) is 0. The first-order chi connectivity index (χ1) is 9.20. The number of nitrogens with one attached hydrogen (secondary N) is 1. The molecule has 3 nitrogen and oxygen atoms in total. The normalized spacial score (nSPS) is 14.8. The minimum absolute atomic E-state index is 0.743. The number of hydrogen-bond donors (Lipinski definition) is 1. The summed E-state index contributed by atoms with van der Waals surface area (Å²) in [6.45, 7) is 3.85. The average molecular weight is 320 g/mol. The average Bonchev–Trinajstić information content (AvgIpc) is 3.12. The van der Waals surface area contributed by atoms with E-state index in [1.54, 1.807) is 0 Å². The Morgan fingerprint density at radius 3 is 3.00 bits per heavy atom. The second kappa shape index (κ2) is 5.47. The van der Waals surface area contributed by atoms with E-state index in [4.69, 9.17) is 0 Å². The lowest BCUT2D eigenvalue weighted by Crippen LogP contribution is -2.15. The summed E-state index contributed by atoms with van der Waals surface area (Å²) < 4.78 is 3.14. The van der Waals surface area contributed by atoms with Crippen molar-refractivity contribution < 1.29 is 0 Å². The van der Waals surface area contributed by atoms with Gasteiger partial charge in [0, 0.05) is 28.8 Å². The second-order valence-corrected chi connectivity index (χ2v) is 6.14. The molecule has 0 saturated heterocycles. The topological polar surface area (TPSA) is 29.9 Å². The van der Waals surface area contributed by atoms with E-state index in [0.29, 0.717) is 0 Å². The van der Waals surface area contributed by atoms with Crippen LogP contribution in [0.25, 0.3) is 0 Å². The largest absolute Gasteiger partial charge is 0.310 e. The lowest BCUT2D eigenvalue weighted by atomic mass is 10.2. The van der Waals surface area contributed by atoms with Gasteiger partial charge in [0.1, 0.15) is 0 Å². The van der Waals surface area contributed by atoms with Crippen LogP contribution in [0.5, 0.6) is 0 Å². The summed E-state index contributed by atoms with van der Waals surface area (Å²) in [5, 5.41) is 8.13. The summed E-state index contributed by atoms with van der Waals surface area (Å²) >= 11 is 3.50. The van der Waals surface area contributed by atoms with Crippen molar-refractivity contribution in [3.8, 4) is 0 Å². The van der Waals surface area contributed by atoms with Gasteiger partial charge in [-0.1, -0.05) is 28.1 Å². The van der Waals surface area contributed by atoms with Crippen LogP contribution in [0.2, 0.25) is 0 Å². The third-order valence-electron chi connectivity index (χ3n) is 3.44.